The summed E-state index contributed by atoms with van der Waals surface area (Å²) in [6.45, 7) is 16.9. The summed E-state index contributed by atoms with van der Waals surface area (Å²) in [6, 6.07) is 89.1. The Morgan fingerprint density at radius 3 is 1.12 bits per heavy atom. The third-order valence-electron chi connectivity index (χ3n) is 13.2. The van der Waals surface area contributed by atoms with Crippen LogP contribution >= 0.6 is 0 Å². The van der Waals surface area contributed by atoms with Gasteiger partial charge in [0.1, 0.15) is 0 Å². The van der Waals surface area contributed by atoms with Crippen molar-refractivity contribution >= 4 is 67.3 Å². The summed E-state index contributed by atoms with van der Waals surface area (Å²) in [7, 11) is 0. The minimum atomic E-state index is 0.372. The highest BCUT2D eigenvalue weighted by Crippen LogP contribution is 2.46. The van der Waals surface area contributed by atoms with Gasteiger partial charge < -0.3 is 14.4 Å². The van der Waals surface area contributed by atoms with E-state index in [1.165, 1.54) is 0 Å². The van der Waals surface area contributed by atoms with Crippen LogP contribution in [0, 0.1) is 13.1 Å². The number of anilines is 6. The van der Waals surface area contributed by atoms with E-state index in [1.807, 2.05) is 115 Å². The molecular formula is C66H43N7. The zero-order chi connectivity index (χ0) is 49.1. The van der Waals surface area contributed by atoms with Gasteiger partial charge in [0.05, 0.1) is 35.6 Å². The first kappa shape index (κ1) is 43.9. The molecule has 12 aromatic rings. The lowest BCUT2D eigenvalue weighted by atomic mass is 9.97. The molecule has 0 aliphatic carbocycles. The van der Waals surface area contributed by atoms with E-state index in [1.54, 1.807) is 0 Å². The summed E-state index contributed by atoms with van der Waals surface area (Å²) >= 11 is 0. The maximum Gasteiger partial charge on any atom is 0.185 e. The fraction of sp³-hybridized carbons (Fsp3) is 0. The first-order valence-electron chi connectivity index (χ1n) is 24.0. The molecule has 0 spiro atoms. The van der Waals surface area contributed by atoms with Crippen LogP contribution in [0.1, 0.15) is 0 Å². The number of benzene rings is 10. The molecule has 0 N–H and O–H groups in total. The number of para-hydroxylation sites is 4. The van der Waals surface area contributed by atoms with Gasteiger partial charge in [0.2, 0.25) is 0 Å². The predicted molar refractivity (Wildman–Crippen MR) is 300 cm³/mol. The first-order valence-corrected chi connectivity index (χ1v) is 24.0. The molecule has 2 heterocycles. The molecule has 0 amide bonds. The van der Waals surface area contributed by atoms with Crippen molar-refractivity contribution in [1.82, 2.24) is 14.5 Å². The summed E-state index contributed by atoms with van der Waals surface area (Å²) in [5.41, 5.74) is 15.3. The molecule has 0 bridgehead atoms. The van der Waals surface area contributed by atoms with Crippen LogP contribution in [0.5, 0.6) is 0 Å². The van der Waals surface area contributed by atoms with Crippen LogP contribution in [0.4, 0.5) is 45.5 Å². The van der Waals surface area contributed by atoms with E-state index in [0.717, 1.165) is 84.0 Å². The lowest BCUT2D eigenvalue weighted by Crippen LogP contribution is -2.09. The summed E-state index contributed by atoms with van der Waals surface area (Å²) in [4.78, 5) is 22.6. The molecule has 0 radical (unpaired) electrons. The monoisotopic (exact) mass is 933 g/mol. The van der Waals surface area contributed by atoms with Crippen molar-refractivity contribution in [3.63, 3.8) is 0 Å². The van der Waals surface area contributed by atoms with E-state index in [9.17, 15) is 0 Å². The Labute approximate surface area is 424 Å². The average Bonchev–Trinajstić information content (AvgIpc) is 3.79. The van der Waals surface area contributed by atoms with Crippen molar-refractivity contribution in [2.24, 2.45) is 0 Å². The van der Waals surface area contributed by atoms with Crippen LogP contribution in [0.25, 0.3) is 82.2 Å². The van der Waals surface area contributed by atoms with E-state index in [4.69, 9.17) is 23.1 Å². The molecule has 0 saturated carbocycles. The fourth-order valence-corrected chi connectivity index (χ4v) is 9.84. The Bertz CT molecular complexity index is 3700. The molecule has 73 heavy (non-hydrogen) atoms. The van der Waals surface area contributed by atoms with E-state index >= 15 is 0 Å². The quantitative estimate of drug-likeness (QED) is 0.121. The van der Waals surface area contributed by atoms with Crippen LogP contribution in [0.2, 0.25) is 0 Å². The maximum absolute atomic E-state index is 8.45. The van der Waals surface area contributed by atoms with Gasteiger partial charge in [-0.15, -0.1) is 0 Å². The van der Waals surface area contributed by atoms with Crippen molar-refractivity contribution in [2.45, 2.75) is 0 Å². The van der Waals surface area contributed by atoms with E-state index in [0.29, 0.717) is 34.0 Å². The molecule has 2 aromatic heterocycles. The Morgan fingerprint density at radius 1 is 0.329 bits per heavy atom. The highest BCUT2D eigenvalue weighted by atomic mass is 15.1. The molecule has 0 fully saturated rings. The van der Waals surface area contributed by atoms with Gasteiger partial charge in [0, 0.05) is 61.7 Å². The van der Waals surface area contributed by atoms with Crippen molar-refractivity contribution in [3.8, 4) is 50.7 Å². The van der Waals surface area contributed by atoms with Crippen LogP contribution in [-0.4, -0.2) is 14.5 Å². The Morgan fingerprint density at radius 2 is 0.712 bits per heavy atom. The lowest BCUT2D eigenvalue weighted by Gasteiger charge is -2.26. The van der Waals surface area contributed by atoms with Crippen LogP contribution in [-0.2, 0) is 0 Å². The van der Waals surface area contributed by atoms with Crippen LogP contribution in [0.3, 0.4) is 0 Å². The smallest absolute Gasteiger partial charge is 0.185 e. The molecule has 0 aliphatic heterocycles. The van der Waals surface area contributed by atoms with E-state index in [-0.39, 0.29) is 0 Å². The molecule has 10 aromatic carbocycles. The van der Waals surface area contributed by atoms with Crippen molar-refractivity contribution < 1.29 is 0 Å². The van der Waals surface area contributed by atoms with Crippen molar-refractivity contribution in [2.75, 3.05) is 9.80 Å². The topological polar surface area (TPSA) is 45.9 Å². The summed E-state index contributed by atoms with van der Waals surface area (Å²) < 4.78 is 2.31. The minimum Gasteiger partial charge on any atom is -0.310 e. The molecule has 7 nitrogen and oxygen atoms in total. The van der Waals surface area contributed by atoms with Gasteiger partial charge >= 0.3 is 0 Å². The highest BCUT2D eigenvalue weighted by molar-refractivity contribution is 6.12. The second-order valence-corrected chi connectivity index (χ2v) is 17.6. The largest absolute Gasteiger partial charge is 0.310 e. The molecular weight excluding hydrogens is 891 g/mol. The lowest BCUT2D eigenvalue weighted by molar-refractivity contribution is 1.18. The second-order valence-electron chi connectivity index (χ2n) is 17.6. The maximum atomic E-state index is 8.45. The fourth-order valence-electron chi connectivity index (χ4n) is 9.84. The predicted octanol–water partition coefficient (Wildman–Crippen LogP) is 18.3. The van der Waals surface area contributed by atoms with Crippen molar-refractivity contribution in [1.29, 1.82) is 0 Å². The van der Waals surface area contributed by atoms with Gasteiger partial charge in [0.25, 0.3) is 0 Å². The molecule has 0 saturated heterocycles. The molecule has 0 atom stereocenters. The van der Waals surface area contributed by atoms with Gasteiger partial charge in [-0.1, -0.05) is 146 Å². The van der Waals surface area contributed by atoms with Crippen LogP contribution < -0.4 is 9.80 Å². The van der Waals surface area contributed by atoms with Gasteiger partial charge in [-0.2, -0.15) is 0 Å². The van der Waals surface area contributed by atoms with E-state index < -0.39 is 0 Å². The van der Waals surface area contributed by atoms with E-state index in [2.05, 4.69) is 170 Å². The molecule has 342 valence electrons. The third-order valence-corrected chi connectivity index (χ3v) is 13.2. The Hall–Kier alpha value is -10.3. The number of hydrogen-bond donors (Lipinski definition) is 0. The first-order chi connectivity index (χ1) is 36.1. The zero-order valence-electron chi connectivity index (χ0n) is 39.5. The zero-order valence-corrected chi connectivity index (χ0v) is 39.5. The Balaban J connectivity index is 0.998. The Kier molecular flexibility index (Phi) is 11.6. The number of aromatic nitrogens is 3. The number of hydrogen-bond acceptors (Lipinski definition) is 4. The second kappa shape index (κ2) is 19.2. The molecule has 7 heteroatoms. The normalized spacial score (nSPS) is 11.0. The molecule has 12 rings (SSSR count). The average molecular weight is 934 g/mol. The number of fused-ring (bicyclic) bond motifs is 3. The number of rotatable bonds is 11. The molecule has 0 aliphatic rings. The van der Waals surface area contributed by atoms with Gasteiger partial charge in [-0.3, -0.25) is 0 Å². The van der Waals surface area contributed by atoms with Crippen molar-refractivity contribution in [3.05, 3.63) is 284 Å². The number of nitrogens with zero attached hydrogens (tertiary/aromatic N) is 7. The summed E-state index contributed by atoms with van der Waals surface area (Å²) in [6.07, 6.45) is 0. The summed E-state index contributed by atoms with van der Waals surface area (Å²) in [5.74, 6) is 0.567. The third kappa shape index (κ3) is 8.40. The minimum absolute atomic E-state index is 0.372. The highest BCUT2D eigenvalue weighted by Gasteiger charge is 2.22. The van der Waals surface area contributed by atoms with Gasteiger partial charge in [0.15, 0.2) is 17.2 Å². The standard InChI is InChI=1S/C66H43N7/c1-67-61-41-49(60-45-59(46-21-9-3-10-22-46)69-66(70-60)48-23-11-4-12-24-48)42-62(68-2)65(61)47-33-35-54(36-34-47)73-63-39-37-55(71(50-25-13-5-14-26-50)51-27-15-6-16-28-51)43-57(63)58-44-56(38-40-64(58)73)72(52-29-17-7-18-30-52)53-31-19-8-20-32-53/h3-45H. The van der Waals surface area contributed by atoms with Gasteiger partial charge in [-0.05, 0) is 132 Å². The van der Waals surface area contributed by atoms with Gasteiger partial charge in [-0.25, -0.2) is 19.7 Å². The van der Waals surface area contributed by atoms with Crippen LogP contribution in [0.15, 0.2) is 261 Å². The SMILES string of the molecule is [C-]#[N+]c1cc(-c2cc(-c3ccccc3)nc(-c3ccccc3)n2)cc([N+]#[C-])c1-c1ccc(-n2c3ccc(N(c4ccccc4)c4ccccc4)cc3c3cc(N(c4ccccc4)c4ccccc4)ccc32)cc1. The molecule has 0 unspecified atom stereocenters. The summed E-state index contributed by atoms with van der Waals surface area (Å²) in [5, 5.41) is 2.18.